The van der Waals surface area contributed by atoms with E-state index in [1.54, 1.807) is 27.7 Å². The van der Waals surface area contributed by atoms with Crippen molar-refractivity contribution in [3.63, 3.8) is 0 Å². The summed E-state index contributed by atoms with van der Waals surface area (Å²) >= 11 is 0. The number of amides is 1. The van der Waals surface area contributed by atoms with Gasteiger partial charge in [0.05, 0.1) is 6.61 Å². The van der Waals surface area contributed by atoms with E-state index in [9.17, 15) is 14.7 Å². The number of aliphatic hydroxyl groups is 1. The molecule has 116 valence electrons. The van der Waals surface area contributed by atoms with Crippen LogP contribution in [0.25, 0.3) is 0 Å². The molecule has 0 bridgehead atoms. The fraction of sp³-hybridized carbons (Fsp3) is 0.846. The molecule has 0 aliphatic carbocycles. The maximum Gasteiger partial charge on any atom is 0.408 e. The average molecular weight is 289 g/mol. The minimum atomic E-state index is -0.876. The highest BCUT2D eigenvalue weighted by Gasteiger charge is 2.29. The van der Waals surface area contributed by atoms with Crippen LogP contribution in [0.15, 0.2) is 0 Å². The Hall–Kier alpha value is -1.34. The van der Waals surface area contributed by atoms with Gasteiger partial charge in [-0.05, 0) is 27.7 Å². The molecule has 7 nitrogen and oxygen atoms in total. The summed E-state index contributed by atoms with van der Waals surface area (Å²) in [6.45, 7) is 7.09. The highest BCUT2D eigenvalue weighted by molar-refractivity contribution is 5.81. The summed E-state index contributed by atoms with van der Waals surface area (Å²) in [6.07, 6.45) is -1.99. The standard InChI is InChI=1S/C13H23NO6/c1-8-10(15)7-18-6-5-9(11(16)19-8)14-12(17)20-13(2,3)4/h8-10,15H,5-7H2,1-4H3,(H,14,17)/t8-,9-,10+/m0/s1. The predicted octanol–water partition coefficient (Wildman–Crippen LogP) is 0.593. The minimum absolute atomic E-state index is 0.0909. The van der Waals surface area contributed by atoms with Gasteiger partial charge >= 0.3 is 12.1 Å². The molecule has 3 atom stereocenters. The molecular weight excluding hydrogens is 266 g/mol. The van der Waals surface area contributed by atoms with Gasteiger partial charge in [-0.3, -0.25) is 0 Å². The van der Waals surface area contributed by atoms with Crippen molar-refractivity contribution in [2.24, 2.45) is 0 Å². The first-order chi connectivity index (χ1) is 9.19. The maximum atomic E-state index is 11.9. The number of hydrogen-bond donors (Lipinski definition) is 2. The zero-order chi connectivity index (χ0) is 15.3. The number of carbonyl (C=O) groups excluding carboxylic acids is 2. The summed E-state index contributed by atoms with van der Waals surface area (Å²) in [7, 11) is 0. The molecular formula is C13H23NO6. The van der Waals surface area contributed by atoms with Gasteiger partial charge in [0.25, 0.3) is 0 Å². The number of esters is 1. The Morgan fingerprint density at radius 1 is 1.45 bits per heavy atom. The lowest BCUT2D eigenvalue weighted by Crippen LogP contribution is -2.45. The minimum Gasteiger partial charge on any atom is -0.458 e. The summed E-state index contributed by atoms with van der Waals surface area (Å²) in [4.78, 5) is 23.6. The Balaban J connectivity index is 2.62. The van der Waals surface area contributed by atoms with Crippen LogP contribution in [0.3, 0.4) is 0 Å². The number of carbonyl (C=O) groups is 2. The van der Waals surface area contributed by atoms with E-state index >= 15 is 0 Å². The van der Waals surface area contributed by atoms with Crippen LogP contribution in [0.1, 0.15) is 34.1 Å². The van der Waals surface area contributed by atoms with E-state index in [2.05, 4.69) is 5.32 Å². The Labute approximate surface area is 118 Å². The number of rotatable bonds is 1. The Bertz CT molecular complexity index is 351. The number of cyclic esters (lactones) is 1. The van der Waals surface area contributed by atoms with Gasteiger partial charge in [0, 0.05) is 13.0 Å². The molecule has 2 N–H and O–H groups in total. The molecule has 1 fully saturated rings. The van der Waals surface area contributed by atoms with Crippen molar-refractivity contribution in [1.29, 1.82) is 0 Å². The molecule has 1 heterocycles. The summed E-state index contributed by atoms with van der Waals surface area (Å²) in [5.74, 6) is -0.604. The Morgan fingerprint density at radius 2 is 2.10 bits per heavy atom. The molecule has 0 unspecified atom stereocenters. The van der Waals surface area contributed by atoms with Crippen LogP contribution >= 0.6 is 0 Å². The third-order valence-corrected chi connectivity index (χ3v) is 2.66. The first-order valence-corrected chi connectivity index (χ1v) is 6.65. The van der Waals surface area contributed by atoms with Crippen molar-refractivity contribution < 1.29 is 28.9 Å². The highest BCUT2D eigenvalue weighted by atomic mass is 16.6. The average Bonchev–Trinajstić information content (AvgIpc) is 2.33. The third-order valence-electron chi connectivity index (χ3n) is 2.66. The molecule has 7 heteroatoms. The molecule has 0 aromatic rings. The van der Waals surface area contributed by atoms with Crippen molar-refractivity contribution in [3.8, 4) is 0 Å². The second-order valence-corrected chi connectivity index (χ2v) is 5.77. The molecule has 1 aliphatic heterocycles. The van der Waals surface area contributed by atoms with Crippen LogP contribution in [0, 0.1) is 0 Å². The van der Waals surface area contributed by atoms with E-state index in [1.807, 2.05) is 0 Å². The zero-order valence-electron chi connectivity index (χ0n) is 12.3. The quantitative estimate of drug-likeness (QED) is 0.686. The van der Waals surface area contributed by atoms with Crippen molar-refractivity contribution in [2.75, 3.05) is 13.2 Å². The highest BCUT2D eigenvalue weighted by Crippen LogP contribution is 2.10. The van der Waals surface area contributed by atoms with Gasteiger partial charge in [-0.2, -0.15) is 0 Å². The van der Waals surface area contributed by atoms with Crippen molar-refractivity contribution >= 4 is 12.1 Å². The largest absolute Gasteiger partial charge is 0.458 e. The summed E-state index contributed by atoms with van der Waals surface area (Å²) in [5, 5.41) is 12.1. The van der Waals surface area contributed by atoms with E-state index in [0.29, 0.717) is 0 Å². The predicted molar refractivity (Wildman–Crippen MR) is 70.2 cm³/mol. The molecule has 0 saturated carbocycles. The zero-order valence-corrected chi connectivity index (χ0v) is 12.3. The molecule has 0 radical (unpaired) electrons. The van der Waals surface area contributed by atoms with E-state index in [0.717, 1.165) is 0 Å². The maximum absolute atomic E-state index is 11.9. The number of ether oxygens (including phenoxy) is 3. The lowest BCUT2D eigenvalue weighted by molar-refractivity contribution is -0.156. The Morgan fingerprint density at radius 3 is 2.70 bits per heavy atom. The molecule has 0 aromatic carbocycles. The first-order valence-electron chi connectivity index (χ1n) is 6.65. The summed E-state index contributed by atoms with van der Waals surface area (Å²) in [5.41, 5.74) is -0.646. The smallest absolute Gasteiger partial charge is 0.408 e. The Kier molecular flexibility index (Phi) is 5.76. The van der Waals surface area contributed by atoms with Gasteiger partial charge in [0.15, 0.2) is 0 Å². The number of aliphatic hydroxyl groups excluding tert-OH is 1. The number of nitrogens with one attached hydrogen (secondary N) is 1. The van der Waals surface area contributed by atoms with Crippen LogP contribution < -0.4 is 5.32 Å². The van der Waals surface area contributed by atoms with Crippen LogP contribution in [-0.2, 0) is 19.0 Å². The molecule has 0 spiro atoms. The van der Waals surface area contributed by atoms with Gasteiger partial charge in [-0.25, -0.2) is 9.59 Å². The summed E-state index contributed by atoms with van der Waals surface area (Å²) in [6, 6.07) is -0.849. The lowest BCUT2D eigenvalue weighted by Gasteiger charge is -2.23. The van der Waals surface area contributed by atoms with Gasteiger partial charge in [0.1, 0.15) is 23.9 Å². The molecule has 20 heavy (non-hydrogen) atoms. The van der Waals surface area contributed by atoms with E-state index in [4.69, 9.17) is 14.2 Å². The second-order valence-electron chi connectivity index (χ2n) is 5.77. The SMILES string of the molecule is C[C@@H]1OC(=O)[C@@H](NC(=O)OC(C)(C)C)CCOC[C@H]1O. The van der Waals surface area contributed by atoms with Crippen LogP contribution in [0.4, 0.5) is 4.79 Å². The van der Waals surface area contributed by atoms with Gasteiger partial charge in [0.2, 0.25) is 0 Å². The number of hydrogen-bond acceptors (Lipinski definition) is 6. The first kappa shape index (κ1) is 16.7. The normalized spacial score (nSPS) is 28.6. The van der Waals surface area contributed by atoms with E-state index < -0.39 is 35.9 Å². The summed E-state index contributed by atoms with van der Waals surface area (Å²) < 4.78 is 15.4. The molecule has 0 aromatic heterocycles. The fourth-order valence-electron chi connectivity index (χ4n) is 1.58. The van der Waals surface area contributed by atoms with Crippen LogP contribution in [0.5, 0.6) is 0 Å². The molecule has 1 amide bonds. The van der Waals surface area contributed by atoms with Crippen molar-refractivity contribution in [2.45, 2.75) is 58.0 Å². The van der Waals surface area contributed by atoms with E-state index in [1.165, 1.54) is 0 Å². The monoisotopic (exact) mass is 289 g/mol. The van der Waals surface area contributed by atoms with Gasteiger partial charge in [-0.15, -0.1) is 0 Å². The topological polar surface area (TPSA) is 94.1 Å². The lowest BCUT2D eigenvalue weighted by atomic mass is 10.2. The van der Waals surface area contributed by atoms with Crippen molar-refractivity contribution in [3.05, 3.63) is 0 Å². The van der Waals surface area contributed by atoms with Crippen LogP contribution in [0.2, 0.25) is 0 Å². The van der Waals surface area contributed by atoms with Crippen LogP contribution in [-0.4, -0.2) is 54.2 Å². The van der Waals surface area contributed by atoms with Gasteiger partial charge < -0.3 is 24.6 Å². The second kappa shape index (κ2) is 6.90. The number of alkyl carbamates (subject to hydrolysis) is 1. The van der Waals surface area contributed by atoms with Gasteiger partial charge in [-0.1, -0.05) is 0 Å². The van der Waals surface area contributed by atoms with Crippen molar-refractivity contribution in [1.82, 2.24) is 5.32 Å². The molecule has 1 rings (SSSR count). The fourth-order valence-corrected chi connectivity index (χ4v) is 1.58. The van der Waals surface area contributed by atoms with E-state index in [-0.39, 0.29) is 19.6 Å². The molecule has 1 aliphatic rings. The third kappa shape index (κ3) is 5.75. The molecule has 1 saturated heterocycles.